The smallest absolute Gasteiger partial charge is 0.206 e. The Morgan fingerprint density at radius 1 is 0.815 bits per heavy atom. The van der Waals surface area contributed by atoms with Crippen molar-refractivity contribution in [3.8, 4) is 6.07 Å². The van der Waals surface area contributed by atoms with Gasteiger partial charge in [0.25, 0.3) is 0 Å². The number of rotatable bonds is 4. The van der Waals surface area contributed by atoms with E-state index in [1.807, 2.05) is 6.07 Å². The SMILES string of the molecule is N#Cc1ccc(S(=O)(=O)c2ccc(/C=C/c3ccc(F)cc3F)cc2)cc1. The summed E-state index contributed by atoms with van der Waals surface area (Å²) in [5.74, 6) is -1.33. The lowest BCUT2D eigenvalue weighted by molar-refractivity contribution is 0.581. The predicted molar refractivity (Wildman–Crippen MR) is 98.3 cm³/mol. The van der Waals surface area contributed by atoms with Crippen LogP contribution in [0, 0.1) is 23.0 Å². The van der Waals surface area contributed by atoms with E-state index in [-0.39, 0.29) is 15.4 Å². The summed E-state index contributed by atoms with van der Waals surface area (Å²) < 4.78 is 51.8. The van der Waals surface area contributed by atoms with Crippen LogP contribution in [0.5, 0.6) is 0 Å². The van der Waals surface area contributed by atoms with Crippen molar-refractivity contribution in [3.63, 3.8) is 0 Å². The van der Waals surface area contributed by atoms with Gasteiger partial charge in [0.15, 0.2) is 0 Å². The van der Waals surface area contributed by atoms with Gasteiger partial charge in [-0.3, -0.25) is 0 Å². The van der Waals surface area contributed by atoms with E-state index in [4.69, 9.17) is 5.26 Å². The summed E-state index contributed by atoms with van der Waals surface area (Å²) in [6.07, 6.45) is 3.09. The molecule has 0 aromatic heterocycles. The van der Waals surface area contributed by atoms with Crippen LogP contribution in [-0.2, 0) is 9.84 Å². The lowest BCUT2D eigenvalue weighted by atomic mass is 10.1. The first kappa shape index (κ1) is 18.5. The number of nitrogens with zero attached hydrogens (tertiary/aromatic N) is 1. The zero-order valence-corrected chi connectivity index (χ0v) is 14.7. The largest absolute Gasteiger partial charge is 0.219 e. The normalized spacial score (nSPS) is 11.4. The van der Waals surface area contributed by atoms with E-state index in [1.165, 1.54) is 48.5 Å². The monoisotopic (exact) mass is 381 g/mol. The van der Waals surface area contributed by atoms with Crippen molar-refractivity contribution in [1.82, 2.24) is 0 Å². The van der Waals surface area contributed by atoms with Gasteiger partial charge in [-0.15, -0.1) is 0 Å². The van der Waals surface area contributed by atoms with Crippen LogP contribution in [0.25, 0.3) is 12.2 Å². The van der Waals surface area contributed by atoms with E-state index in [0.717, 1.165) is 12.1 Å². The molecule has 134 valence electrons. The molecular weight excluding hydrogens is 368 g/mol. The quantitative estimate of drug-likeness (QED) is 0.608. The van der Waals surface area contributed by atoms with Crippen LogP contribution in [0.1, 0.15) is 16.7 Å². The molecule has 27 heavy (non-hydrogen) atoms. The molecule has 0 radical (unpaired) electrons. The Bertz CT molecular complexity index is 1140. The van der Waals surface area contributed by atoms with Gasteiger partial charge in [0.1, 0.15) is 11.6 Å². The minimum Gasteiger partial charge on any atom is -0.219 e. The first-order chi connectivity index (χ1) is 12.9. The summed E-state index contributed by atoms with van der Waals surface area (Å²) in [5, 5.41) is 8.79. The Hall–Kier alpha value is -3.30. The predicted octanol–water partition coefficient (Wildman–Crippen LogP) is 4.84. The van der Waals surface area contributed by atoms with Crippen molar-refractivity contribution in [2.24, 2.45) is 0 Å². The summed E-state index contributed by atoms with van der Waals surface area (Å²) in [6.45, 7) is 0. The third-order valence-corrected chi connectivity index (χ3v) is 5.69. The third-order valence-electron chi connectivity index (χ3n) is 3.90. The second-order valence-corrected chi connectivity index (χ2v) is 7.66. The number of benzene rings is 3. The summed E-state index contributed by atoms with van der Waals surface area (Å²) in [6, 6.07) is 17.0. The van der Waals surface area contributed by atoms with Gasteiger partial charge >= 0.3 is 0 Å². The molecular formula is C21H13F2NO2S. The maximum Gasteiger partial charge on any atom is 0.206 e. The molecule has 0 bridgehead atoms. The fourth-order valence-corrected chi connectivity index (χ4v) is 3.69. The van der Waals surface area contributed by atoms with E-state index >= 15 is 0 Å². The maximum atomic E-state index is 13.6. The molecule has 0 atom stereocenters. The second-order valence-electron chi connectivity index (χ2n) is 5.71. The highest BCUT2D eigenvalue weighted by molar-refractivity contribution is 7.91. The van der Waals surface area contributed by atoms with Gasteiger partial charge in [0.05, 0.1) is 21.4 Å². The van der Waals surface area contributed by atoms with E-state index < -0.39 is 21.5 Å². The topological polar surface area (TPSA) is 57.9 Å². The Kier molecular flexibility index (Phi) is 5.15. The zero-order valence-electron chi connectivity index (χ0n) is 13.9. The highest BCUT2D eigenvalue weighted by Crippen LogP contribution is 2.22. The molecule has 0 heterocycles. The highest BCUT2D eigenvalue weighted by Gasteiger charge is 2.17. The van der Waals surface area contributed by atoms with Crippen LogP contribution in [0.15, 0.2) is 76.5 Å². The van der Waals surface area contributed by atoms with Crippen molar-refractivity contribution in [1.29, 1.82) is 5.26 Å². The molecule has 0 saturated heterocycles. The van der Waals surface area contributed by atoms with Crippen LogP contribution in [0.4, 0.5) is 8.78 Å². The molecule has 3 rings (SSSR count). The Morgan fingerprint density at radius 2 is 1.41 bits per heavy atom. The molecule has 0 aliphatic carbocycles. The van der Waals surface area contributed by atoms with Gasteiger partial charge in [-0.05, 0) is 54.1 Å². The summed E-state index contributed by atoms with van der Waals surface area (Å²) >= 11 is 0. The van der Waals surface area contributed by atoms with Crippen molar-refractivity contribution in [2.45, 2.75) is 9.79 Å². The number of halogens is 2. The van der Waals surface area contributed by atoms with E-state index in [2.05, 4.69) is 0 Å². The molecule has 0 saturated carbocycles. The first-order valence-corrected chi connectivity index (χ1v) is 9.37. The molecule has 0 fully saturated rings. The van der Waals surface area contributed by atoms with Gasteiger partial charge in [-0.2, -0.15) is 5.26 Å². The summed E-state index contributed by atoms with van der Waals surface area (Å²) in [4.78, 5) is 0.204. The lowest BCUT2D eigenvalue weighted by Gasteiger charge is -2.05. The summed E-state index contributed by atoms with van der Waals surface area (Å²) in [5.41, 5.74) is 1.27. The van der Waals surface area contributed by atoms with Gasteiger partial charge in [-0.1, -0.05) is 24.3 Å². The highest BCUT2D eigenvalue weighted by atomic mass is 32.2. The number of sulfone groups is 1. The van der Waals surface area contributed by atoms with Gasteiger partial charge in [-0.25, -0.2) is 17.2 Å². The zero-order chi connectivity index (χ0) is 19.4. The van der Waals surface area contributed by atoms with Crippen molar-refractivity contribution in [3.05, 3.63) is 95.1 Å². The molecule has 0 aliphatic heterocycles. The molecule has 3 aromatic carbocycles. The average molecular weight is 381 g/mol. The van der Waals surface area contributed by atoms with Crippen molar-refractivity contribution < 1.29 is 17.2 Å². The second kappa shape index (κ2) is 7.52. The van der Waals surface area contributed by atoms with Gasteiger partial charge in [0, 0.05) is 11.6 Å². The molecule has 3 nitrogen and oxygen atoms in total. The van der Waals surface area contributed by atoms with Crippen LogP contribution in [0.3, 0.4) is 0 Å². The number of hydrogen-bond donors (Lipinski definition) is 0. The van der Waals surface area contributed by atoms with E-state index in [0.29, 0.717) is 11.1 Å². The minimum absolute atomic E-state index is 0.0955. The van der Waals surface area contributed by atoms with Crippen LogP contribution >= 0.6 is 0 Å². The fraction of sp³-hybridized carbons (Fsp3) is 0. The molecule has 0 unspecified atom stereocenters. The lowest BCUT2D eigenvalue weighted by Crippen LogP contribution is -2.01. The molecule has 0 N–H and O–H groups in total. The van der Waals surface area contributed by atoms with E-state index in [1.54, 1.807) is 18.2 Å². The first-order valence-electron chi connectivity index (χ1n) is 7.88. The third kappa shape index (κ3) is 4.10. The molecule has 6 heteroatoms. The Labute approximate surface area is 155 Å². The Morgan fingerprint density at radius 3 is 1.96 bits per heavy atom. The standard InChI is InChI=1S/C21H13F2NO2S/c22-18-8-7-17(21(23)13-18)6-1-15-2-9-19(10-3-15)27(25,26)20-11-4-16(14-24)5-12-20/h1-13H/b6-1+. The minimum atomic E-state index is -3.69. The fourth-order valence-electron chi connectivity index (χ4n) is 2.43. The van der Waals surface area contributed by atoms with Crippen LogP contribution < -0.4 is 0 Å². The van der Waals surface area contributed by atoms with Crippen LogP contribution in [-0.4, -0.2) is 8.42 Å². The van der Waals surface area contributed by atoms with Crippen molar-refractivity contribution in [2.75, 3.05) is 0 Å². The number of hydrogen-bond acceptors (Lipinski definition) is 3. The number of nitriles is 1. The van der Waals surface area contributed by atoms with Gasteiger partial charge in [0.2, 0.25) is 9.84 Å². The van der Waals surface area contributed by atoms with E-state index in [9.17, 15) is 17.2 Å². The maximum absolute atomic E-state index is 13.6. The molecule has 0 amide bonds. The molecule has 0 aliphatic rings. The Balaban J connectivity index is 1.84. The van der Waals surface area contributed by atoms with Crippen molar-refractivity contribution >= 4 is 22.0 Å². The van der Waals surface area contributed by atoms with Gasteiger partial charge < -0.3 is 0 Å². The average Bonchev–Trinajstić information content (AvgIpc) is 2.67. The summed E-state index contributed by atoms with van der Waals surface area (Å²) in [7, 11) is -3.69. The molecule has 0 spiro atoms. The molecule has 3 aromatic rings. The van der Waals surface area contributed by atoms with Crippen LogP contribution in [0.2, 0.25) is 0 Å².